The van der Waals surface area contributed by atoms with Crippen LogP contribution in [-0.4, -0.2) is 67.8 Å². The summed E-state index contributed by atoms with van der Waals surface area (Å²) in [6, 6.07) is 4.44. The van der Waals surface area contributed by atoms with Crippen molar-refractivity contribution in [3.05, 3.63) is 28.2 Å². The minimum Gasteiger partial charge on any atom is -0.348 e. The molecule has 3 rings (SSSR count). The summed E-state index contributed by atoms with van der Waals surface area (Å²) in [5.74, 6) is 0.231. The molecule has 2 atom stereocenters. The van der Waals surface area contributed by atoms with Crippen LogP contribution in [0.3, 0.4) is 0 Å². The first-order valence-electron chi connectivity index (χ1n) is 7.53. The third-order valence-corrected chi connectivity index (χ3v) is 7.14. The zero-order valence-electron chi connectivity index (χ0n) is 13.6. The molecule has 0 spiro atoms. The molecule has 1 aromatic rings. The average molecular weight is 422 g/mol. The second-order valence-corrected chi connectivity index (χ2v) is 10.2. The van der Waals surface area contributed by atoms with Gasteiger partial charge in [-0.3, -0.25) is 9.79 Å². The van der Waals surface area contributed by atoms with Gasteiger partial charge in [-0.1, -0.05) is 35.0 Å². The quantitative estimate of drug-likeness (QED) is 0.747. The molecule has 2 aliphatic rings. The summed E-state index contributed by atoms with van der Waals surface area (Å²) in [7, 11) is 0.245. The summed E-state index contributed by atoms with van der Waals surface area (Å²) >= 11 is 13.5. The highest BCUT2D eigenvalue weighted by Crippen LogP contribution is 2.37. The summed E-state index contributed by atoms with van der Waals surface area (Å²) in [4.78, 5) is 19.8. The van der Waals surface area contributed by atoms with Crippen molar-refractivity contribution in [2.45, 2.75) is 12.1 Å². The lowest BCUT2D eigenvalue weighted by atomic mass is 10.1. The SMILES string of the molecule is CN(C)C(=O)CSC1=N[C@H]2CS(=O)(=O)C[C@H]2N1c1cc(Cl)cc(Cl)c1. The van der Waals surface area contributed by atoms with Gasteiger partial charge in [0.05, 0.1) is 29.3 Å². The number of hydrogen-bond acceptors (Lipinski definition) is 6. The van der Waals surface area contributed by atoms with Crippen molar-refractivity contribution in [1.29, 1.82) is 0 Å². The number of rotatable bonds is 3. The van der Waals surface area contributed by atoms with Gasteiger partial charge in [0.15, 0.2) is 15.0 Å². The van der Waals surface area contributed by atoms with E-state index in [1.807, 2.05) is 4.90 Å². The van der Waals surface area contributed by atoms with Crippen molar-refractivity contribution in [2.24, 2.45) is 4.99 Å². The number of thioether (sulfide) groups is 1. The van der Waals surface area contributed by atoms with Gasteiger partial charge >= 0.3 is 0 Å². The number of carbonyl (C=O) groups is 1. The molecule has 10 heteroatoms. The van der Waals surface area contributed by atoms with Crippen LogP contribution in [-0.2, 0) is 14.6 Å². The number of benzene rings is 1. The van der Waals surface area contributed by atoms with Gasteiger partial charge in [0, 0.05) is 29.8 Å². The van der Waals surface area contributed by atoms with E-state index in [0.29, 0.717) is 20.9 Å². The minimum atomic E-state index is -3.13. The Bertz CT molecular complexity index is 822. The van der Waals surface area contributed by atoms with E-state index in [2.05, 4.69) is 4.99 Å². The van der Waals surface area contributed by atoms with E-state index in [1.54, 1.807) is 32.3 Å². The van der Waals surface area contributed by atoms with Crippen LogP contribution in [0.15, 0.2) is 23.2 Å². The first kappa shape index (κ1) is 18.8. The molecular formula is C15H17Cl2N3O3S2. The number of hydrogen-bond donors (Lipinski definition) is 0. The van der Waals surface area contributed by atoms with E-state index in [0.717, 1.165) is 0 Å². The monoisotopic (exact) mass is 421 g/mol. The maximum absolute atomic E-state index is 12.0. The predicted octanol–water partition coefficient (Wildman–Crippen LogP) is 2.16. The lowest BCUT2D eigenvalue weighted by Crippen LogP contribution is -2.39. The van der Waals surface area contributed by atoms with Gasteiger partial charge in [0.2, 0.25) is 5.91 Å². The fourth-order valence-electron chi connectivity index (χ4n) is 2.87. The van der Waals surface area contributed by atoms with Crippen molar-refractivity contribution in [3.8, 4) is 0 Å². The molecule has 0 aliphatic carbocycles. The van der Waals surface area contributed by atoms with E-state index >= 15 is 0 Å². The van der Waals surface area contributed by atoms with Crippen molar-refractivity contribution in [1.82, 2.24) is 4.90 Å². The molecule has 0 unspecified atom stereocenters. The van der Waals surface area contributed by atoms with Crippen LogP contribution >= 0.6 is 35.0 Å². The summed E-state index contributed by atoms with van der Waals surface area (Å²) in [5, 5.41) is 1.54. The van der Waals surface area contributed by atoms with Crippen molar-refractivity contribution < 1.29 is 13.2 Å². The first-order valence-corrected chi connectivity index (χ1v) is 11.1. The van der Waals surface area contributed by atoms with Gasteiger partial charge in [-0.2, -0.15) is 0 Å². The molecule has 2 heterocycles. The number of sulfone groups is 1. The van der Waals surface area contributed by atoms with Crippen molar-refractivity contribution in [3.63, 3.8) is 0 Å². The molecule has 0 aromatic heterocycles. The Balaban J connectivity index is 1.92. The Morgan fingerprint density at radius 3 is 2.52 bits per heavy atom. The summed E-state index contributed by atoms with van der Waals surface area (Å²) in [6.45, 7) is 0. The standard InChI is InChI=1S/C15H17Cl2N3O3S2/c1-19(2)14(21)6-24-15-18-12-7-25(22,23)8-13(12)20(15)11-4-9(16)3-10(17)5-11/h3-5,12-13H,6-8H2,1-2H3/t12-,13+/m0/s1. The van der Waals surface area contributed by atoms with E-state index < -0.39 is 9.84 Å². The number of carbonyl (C=O) groups excluding carboxylic acids is 1. The second kappa shape index (κ2) is 6.98. The van der Waals surface area contributed by atoms with Crippen LogP contribution < -0.4 is 4.90 Å². The molecule has 1 aromatic carbocycles. The largest absolute Gasteiger partial charge is 0.348 e. The number of nitrogens with zero attached hydrogens (tertiary/aromatic N) is 3. The molecule has 136 valence electrons. The Hall–Kier alpha value is -0.960. The number of amidine groups is 1. The molecule has 1 fully saturated rings. The van der Waals surface area contributed by atoms with Gasteiger partial charge in [-0.15, -0.1) is 0 Å². The number of amides is 1. The average Bonchev–Trinajstić information content (AvgIpc) is 2.94. The highest BCUT2D eigenvalue weighted by molar-refractivity contribution is 8.14. The number of fused-ring (bicyclic) bond motifs is 1. The zero-order chi connectivity index (χ0) is 18.4. The maximum Gasteiger partial charge on any atom is 0.232 e. The number of anilines is 1. The van der Waals surface area contributed by atoms with Crippen LogP contribution in [0, 0.1) is 0 Å². The number of aliphatic imine (C=N–C) groups is 1. The van der Waals surface area contributed by atoms with E-state index in [1.165, 1.54) is 16.7 Å². The molecule has 25 heavy (non-hydrogen) atoms. The van der Waals surface area contributed by atoms with Crippen LogP contribution in [0.5, 0.6) is 0 Å². The van der Waals surface area contributed by atoms with Crippen molar-refractivity contribution >= 4 is 61.6 Å². The second-order valence-electron chi connectivity index (χ2n) is 6.20. The molecule has 6 nitrogen and oxygen atoms in total. The highest BCUT2D eigenvalue weighted by Gasteiger charge is 2.47. The van der Waals surface area contributed by atoms with E-state index in [4.69, 9.17) is 23.2 Å². The van der Waals surface area contributed by atoms with Crippen LogP contribution in [0.25, 0.3) is 0 Å². The minimum absolute atomic E-state index is 0.0220. The molecule has 0 radical (unpaired) electrons. The molecule has 0 saturated carbocycles. The predicted molar refractivity (Wildman–Crippen MR) is 104 cm³/mol. The fourth-order valence-corrected chi connectivity index (χ4v) is 6.33. The molecule has 1 saturated heterocycles. The topological polar surface area (TPSA) is 70.0 Å². The van der Waals surface area contributed by atoms with Gasteiger partial charge in [0.25, 0.3) is 0 Å². The summed E-state index contributed by atoms with van der Waals surface area (Å²) < 4.78 is 24.0. The molecule has 2 aliphatic heterocycles. The molecule has 0 bridgehead atoms. The lowest BCUT2D eigenvalue weighted by Gasteiger charge is -2.27. The maximum atomic E-state index is 12.0. The van der Waals surface area contributed by atoms with Gasteiger partial charge < -0.3 is 9.80 Å². The van der Waals surface area contributed by atoms with E-state index in [-0.39, 0.29) is 35.2 Å². The highest BCUT2D eigenvalue weighted by atomic mass is 35.5. The van der Waals surface area contributed by atoms with Gasteiger partial charge in [-0.05, 0) is 18.2 Å². The summed E-state index contributed by atoms with van der Waals surface area (Å²) in [5.41, 5.74) is 0.686. The first-order chi connectivity index (χ1) is 11.7. The van der Waals surface area contributed by atoms with Crippen LogP contribution in [0.1, 0.15) is 0 Å². The Labute approximate surface area is 161 Å². The smallest absolute Gasteiger partial charge is 0.232 e. The summed E-state index contributed by atoms with van der Waals surface area (Å²) in [6.07, 6.45) is 0. The Kier molecular flexibility index (Phi) is 5.26. The Morgan fingerprint density at radius 1 is 1.28 bits per heavy atom. The zero-order valence-corrected chi connectivity index (χ0v) is 16.8. The molecule has 1 amide bonds. The van der Waals surface area contributed by atoms with E-state index in [9.17, 15) is 13.2 Å². The van der Waals surface area contributed by atoms with Gasteiger partial charge in [0.1, 0.15) is 0 Å². The fraction of sp³-hybridized carbons (Fsp3) is 0.467. The Morgan fingerprint density at radius 2 is 1.92 bits per heavy atom. The molecular weight excluding hydrogens is 405 g/mol. The normalized spacial score (nSPS) is 24.2. The lowest BCUT2D eigenvalue weighted by molar-refractivity contribution is -0.125. The van der Waals surface area contributed by atoms with Crippen LogP contribution in [0.4, 0.5) is 5.69 Å². The van der Waals surface area contributed by atoms with Crippen molar-refractivity contribution in [2.75, 3.05) is 36.3 Å². The molecule has 0 N–H and O–H groups in total. The van der Waals surface area contributed by atoms with Gasteiger partial charge in [-0.25, -0.2) is 8.42 Å². The third kappa shape index (κ3) is 4.07. The third-order valence-electron chi connectivity index (χ3n) is 4.06. The van der Waals surface area contributed by atoms with Crippen LogP contribution in [0.2, 0.25) is 10.0 Å². The number of halogens is 2.